The van der Waals surface area contributed by atoms with Gasteiger partial charge in [-0.3, -0.25) is 0 Å². The highest BCUT2D eigenvalue weighted by Crippen LogP contribution is 2.39. The Labute approximate surface area is 108 Å². The summed E-state index contributed by atoms with van der Waals surface area (Å²) >= 11 is 0. The molecule has 5 nitrogen and oxygen atoms in total. The molecule has 1 fully saturated rings. The molecular formula is C13H21N3O2. The molecule has 1 saturated carbocycles. The van der Waals surface area contributed by atoms with Crippen molar-refractivity contribution in [1.29, 1.82) is 0 Å². The van der Waals surface area contributed by atoms with Crippen LogP contribution in [0.4, 0.5) is 5.82 Å². The van der Waals surface area contributed by atoms with Gasteiger partial charge >= 0.3 is 0 Å². The Morgan fingerprint density at radius 1 is 1.28 bits per heavy atom. The van der Waals surface area contributed by atoms with E-state index in [1.807, 2.05) is 6.92 Å². The molecule has 0 aliphatic heterocycles. The third-order valence-electron chi connectivity index (χ3n) is 2.93. The minimum Gasteiger partial charge on any atom is -0.475 e. The number of nitrogens with one attached hydrogen (secondary N) is 1. The van der Waals surface area contributed by atoms with Crippen molar-refractivity contribution in [3.05, 3.63) is 11.4 Å². The van der Waals surface area contributed by atoms with Crippen molar-refractivity contribution >= 4 is 5.82 Å². The van der Waals surface area contributed by atoms with Gasteiger partial charge in [0.05, 0.1) is 12.2 Å². The van der Waals surface area contributed by atoms with Crippen molar-refractivity contribution in [3.63, 3.8) is 0 Å². The smallest absolute Gasteiger partial charge is 0.221 e. The third-order valence-corrected chi connectivity index (χ3v) is 2.93. The average molecular weight is 251 g/mol. The molecule has 1 aromatic heterocycles. The number of ether oxygens (including phenoxy) is 2. The van der Waals surface area contributed by atoms with E-state index in [2.05, 4.69) is 22.2 Å². The van der Waals surface area contributed by atoms with Crippen molar-refractivity contribution in [3.8, 4) is 5.88 Å². The van der Waals surface area contributed by atoms with E-state index >= 15 is 0 Å². The number of aromatic nitrogens is 2. The highest BCUT2D eigenvalue weighted by atomic mass is 16.5. The lowest BCUT2D eigenvalue weighted by molar-refractivity contribution is 0.143. The van der Waals surface area contributed by atoms with Gasteiger partial charge in [-0.15, -0.1) is 0 Å². The maximum atomic E-state index is 5.67. The minimum atomic E-state index is 0.518. The fourth-order valence-corrected chi connectivity index (χ4v) is 1.74. The quantitative estimate of drug-likeness (QED) is 0.752. The van der Waals surface area contributed by atoms with Gasteiger partial charge in [-0.05, 0) is 26.7 Å². The van der Waals surface area contributed by atoms with Crippen LogP contribution in [0.5, 0.6) is 5.88 Å². The number of nitrogens with zero attached hydrogens (tertiary/aromatic N) is 2. The van der Waals surface area contributed by atoms with Crippen LogP contribution in [0.1, 0.15) is 37.1 Å². The highest BCUT2D eigenvalue weighted by Gasteiger charge is 2.28. The molecule has 0 spiro atoms. The second-order valence-electron chi connectivity index (χ2n) is 4.51. The largest absolute Gasteiger partial charge is 0.475 e. The SMILES string of the molecule is CCNc1nc(C2CC2)nc(OCCOC)c1C. The van der Waals surface area contributed by atoms with Gasteiger partial charge in [-0.25, -0.2) is 4.98 Å². The summed E-state index contributed by atoms with van der Waals surface area (Å²) < 4.78 is 10.7. The van der Waals surface area contributed by atoms with Crippen molar-refractivity contribution < 1.29 is 9.47 Å². The van der Waals surface area contributed by atoms with Crippen molar-refractivity contribution in [2.75, 3.05) is 32.2 Å². The highest BCUT2D eigenvalue weighted by molar-refractivity contribution is 5.49. The molecule has 0 atom stereocenters. The third kappa shape index (κ3) is 3.10. The number of hydrogen-bond acceptors (Lipinski definition) is 5. The van der Waals surface area contributed by atoms with Gasteiger partial charge in [-0.1, -0.05) is 0 Å². The molecular weight excluding hydrogens is 230 g/mol. The van der Waals surface area contributed by atoms with Crippen LogP contribution in [-0.2, 0) is 4.74 Å². The fourth-order valence-electron chi connectivity index (χ4n) is 1.74. The summed E-state index contributed by atoms with van der Waals surface area (Å²) in [7, 11) is 1.66. The minimum absolute atomic E-state index is 0.518. The Kier molecular flexibility index (Phi) is 4.36. The van der Waals surface area contributed by atoms with Gasteiger partial charge in [0, 0.05) is 19.6 Å². The zero-order valence-corrected chi connectivity index (χ0v) is 11.3. The van der Waals surface area contributed by atoms with E-state index < -0.39 is 0 Å². The summed E-state index contributed by atoms with van der Waals surface area (Å²) in [5.74, 6) is 3.00. The van der Waals surface area contributed by atoms with Crippen LogP contribution in [-0.4, -0.2) is 36.8 Å². The normalized spacial score (nSPS) is 14.6. The lowest BCUT2D eigenvalue weighted by atomic mass is 10.3. The van der Waals surface area contributed by atoms with Crippen LogP contribution in [0, 0.1) is 6.92 Å². The van der Waals surface area contributed by atoms with E-state index in [0.29, 0.717) is 25.0 Å². The summed E-state index contributed by atoms with van der Waals surface area (Å²) in [6, 6.07) is 0. The second kappa shape index (κ2) is 6.00. The van der Waals surface area contributed by atoms with Gasteiger partial charge in [-0.2, -0.15) is 4.98 Å². The summed E-state index contributed by atoms with van der Waals surface area (Å²) in [6.07, 6.45) is 2.37. The first-order chi connectivity index (χ1) is 8.76. The molecule has 2 rings (SSSR count). The maximum Gasteiger partial charge on any atom is 0.221 e. The Morgan fingerprint density at radius 2 is 2.06 bits per heavy atom. The zero-order chi connectivity index (χ0) is 13.0. The molecule has 0 aromatic carbocycles. The van der Waals surface area contributed by atoms with E-state index in [1.54, 1.807) is 7.11 Å². The van der Waals surface area contributed by atoms with Crippen LogP contribution < -0.4 is 10.1 Å². The molecule has 0 unspecified atom stereocenters. The van der Waals surface area contributed by atoms with E-state index in [9.17, 15) is 0 Å². The molecule has 1 heterocycles. The van der Waals surface area contributed by atoms with Crippen molar-refractivity contribution in [2.45, 2.75) is 32.6 Å². The first kappa shape index (κ1) is 13.1. The summed E-state index contributed by atoms with van der Waals surface area (Å²) in [5.41, 5.74) is 0.970. The Bertz CT molecular complexity index is 405. The number of rotatable bonds is 7. The monoisotopic (exact) mass is 251 g/mol. The number of hydrogen-bond donors (Lipinski definition) is 1. The lowest BCUT2D eigenvalue weighted by Crippen LogP contribution is -2.11. The topological polar surface area (TPSA) is 56.3 Å². The van der Waals surface area contributed by atoms with E-state index in [1.165, 1.54) is 12.8 Å². The van der Waals surface area contributed by atoms with Crippen LogP contribution in [0.15, 0.2) is 0 Å². The van der Waals surface area contributed by atoms with Crippen LogP contribution in [0.2, 0.25) is 0 Å². The summed E-state index contributed by atoms with van der Waals surface area (Å²) in [4.78, 5) is 9.10. The van der Waals surface area contributed by atoms with Crippen LogP contribution in [0.25, 0.3) is 0 Å². The second-order valence-corrected chi connectivity index (χ2v) is 4.51. The van der Waals surface area contributed by atoms with Gasteiger partial charge in [0.15, 0.2) is 0 Å². The first-order valence-electron chi connectivity index (χ1n) is 6.50. The fraction of sp³-hybridized carbons (Fsp3) is 0.692. The molecule has 0 amide bonds. The molecule has 1 aliphatic rings. The molecule has 1 aliphatic carbocycles. The Balaban J connectivity index is 2.18. The standard InChI is InChI=1S/C13H21N3O2/c1-4-14-11-9(2)13(18-8-7-17-3)16-12(15-11)10-5-6-10/h10H,4-8H2,1-3H3,(H,14,15,16). The van der Waals surface area contributed by atoms with E-state index in [-0.39, 0.29) is 0 Å². The Morgan fingerprint density at radius 3 is 2.67 bits per heavy atom. The predicted molar refractivity (Wildman–Crippen MR) is 70.3 cm³/mol. The molecule has 1 aromatic rings. The summed E-state index contributed by atoms with van der Waals surface area (Å²) in [6.45, 7) is 5.98. The van der Waals surface area contributed by atoms with Gasteiger partial charge in [0.25, 0.3) is 0 Å². The van der Waals surface area contributed by atoms with Gasteiger partial charge in [0.1, 0.15) is 18.2 Å². The molecule has 100 valence electrons. The molecule has 1 N–H and O–H groups in total. The molecule has 0 saturated heterocycles. The Hall–Kier alpha value is -1.36. The predicted octanol–water partition coefficient (Wildman–Crippen LogP) is 2.12. The van der Waals surface area contributed by atoms with E-state index in [4.69, 9.17) is 9.47 Å². The summed E-state index contributed by atoms with van der Waals surface area (Å²) in [5, 5.41) is 3.27. The van der Waals surface area contributed by atoms with Gasteiger partial charge < -0.3 is 14.8 Å². The van der Waals surface area contributed by atoms with Crippen molar-refractivity contribution in [1.82, 2.24) is 9.97 Å². The van der Waals surface area contributed by atoms with Crippen LogP contribution >= 0.6 is 0 Å². The van der Waals surface area contributed by atoms with Crippen molar-refractivity contribution in [2.24, 2.45) is 0 Å². The van der Waals surface area contributed by atoms with E-state index in [0.717, 1.165) is 23.8 Å². The van der Waals surface area contributed by atoms with Crippen LogP contribution in [0.3, 0.4) is 0 Å². The van der Waals surface area contributed by atoms with Gasteiger partial charge in [0.2, 0.25) is 5.88 Å². The first-order valence-corrected chi connectivity index (χ1v) is 6.50. The zero-order valence-electron chi connectivity index (χ0n) is 11.3. The number of methoxy groups -OCH3 is 1. The maximum absolute atomic E-state index is 5.67. The number of anilines is 1. The average Bonchev–Trinajstić information content (AvgIpc) is 3.18. The lowest BCUT2D eigenvalue weighted by Gasteiger charge is -2.13. The molecule has 5 heteroatoms. The molecule has 18 heavy (non-hydrogen) atoms. The molecule has 0 radical (unpaired) electrons. The molecule has 0 bridgehead atoms.